The Bertz CT molecular complexity index is 583. The van der Waals surface area contributed by atoms with Crippen LogP contribution in [-0.4, -0.2) is 55.5 Å². The molecule has 0 saturated carbocycles. The Morgan fingerprint density at radius 1 is 1.48 bits per heavy atom. The summed E-state index contributed by atoms with van der Waals surface area (Å²) in [6.45, 7) is 0.363. The van der Waals surface area contributed by atoms with Gasteiger partial charge in [-0.3, -0.25) is 0 Å². The number of carboxylic acids is 1. The van der Waals surface area contributed by atoms with Gasteiger partial charge in [0.05, 0.1) is 12.3 Å². The summed E-state index contributed by atoms with van der Waals surface area (Å²) in [4.78, 5) is 25.3. The predicted molar refractivity (Wildman–Crippen MR) is 80.1 cm³/mol. The smallest absolute Gasteiger partial charge is 0.326 e. The molecule has 1 unspecified atom stereocenters. The second-order valence-corrected chi connectivity index (χ2v) is 7.99. The predicted octanol–water partition coefficient (Wildman–Crippen LogP) is 0.777. The second kappa shape index (κ2) is 7.41. The molecule has 1 heterocycles. The zero-order valence-electron chi connectivity index (χ0n) is 11.8. The van der Waals surface area contributed by atoms with Crippen LogP contribution in [-0.2, 0) is 21.2 Å². The van der Waals surface area contributed by atoms with Gasteiger partial charge in [-0.05, 0) is 17.9 Å². The number of carbonyl (C=O) groups is 2. The number of amides is 2. The number of nitrogens with one attached hydrogen (secondary N) is 1. The number of thiophene rings is 1. The first-order chi connectivity index (χ1) is 9.69. The van der Waals surface area contributed by atoms with Crippen LogP contribution in [0.1, 0.15) is 11.3 Å². The van der Waals surface area contributed by atoms with Crippen molar-refractivity contribution in [2.75, 3.05) is 19.1 Å². The van der Waals surface area contributed by atoms with E-state index < -0.39 is 27.9 Å². The van der Waals surface area contributed by atoms with Gasteiger partial charge in [-0.15, -0.1) is 11.3 Å². The van der Waals surface area contributed by atoms with Gasteiger partial charge >= 0.3 is 12.0 Å². The van der Waals surface area contributed by atoms with Crippen LogP contribution < -0.4 is 5.32 Å². The van der Waals surface area contributed by atoms with Gasteiger partial charge in [0.15, 0.2) is 0 Å². The maximum Gasteiger partial charge on any atom is 0.326 e. The third-order valence-corrected chi connectivity index (χ3v) is 4.53. The molecule has 2 amide bonds. The van der Waals surface area contributed by atoms with E-state index in [4.69, 9.17) is 5.11 Å². The number of nitrogens with zero attached hydrogens (tertiary/aromatic N) is 1. The normalized spacial score (nSPS) is 12.7. The van der Waals surface area contributed by atoms with Crippen molar-refractivity contribution in [3.63, 3.8) is 0 Å². The lowest BCUT2D eigenvalue weighted by atomic mass is 10.2. The third kappa shape index (κ3) is 6.58. The molecule has 9 heteroatoms. The maximum absolute atomic E-state index is 11.9. The van der Waals surface area contributed by atoms with Crippen molar-refractivity contribution >= 4 is 33.2 Å². The standard InChI is InChI=1S/C12H18N2O5S2/c1-14(8-9-4-3-6-20-9)12(17)13-10(11(15)16)5-7-21(2,18)19/h3-4,6,10H,5,7-8H2,1-2H3,(H,13,17)(H,15,16). The maximum atomic E-state index is 11.9. The summed E-state index contributed by atoms with van der Waals surface area (Å²) in [5.74, 6) is -1.55. The molecule has 0 aliphatic heterocycles. The van der Waals surface area contributed by atoms with Gasteiger partial charge in [-0.1, -0.05) is 6.07 Å². The Labute approximate surface area is 127 Å². The van der Waals surface area contributed by atoms with Gasteiger partial charge < -0.3 is 15.3 Å². The fraction of sp³-hybridized carbons (Fsp3) is 0.500. The van der Waals surface area contributed by atoms with Gasteiger partial charge in [0.25, 0.3) is 0 Å². The molecule has 1 atom stereocenters. The van der Waals surface area contributed by atoms with Crippen LogP contribution in [0.3, 0.4) is 0 Å². The molecule has 0 bridgehead atoms. The van der Waals surface area contributed by atoms with Crippen molar-refractivity contribution in [3.05, 3.63) is 22.4 Å². The number of hydrogen-bond acceptors (Lipinski definition) is 5. The van der Waals surface area contributed by atoms with E-state index in [1.54, 1.807) is 7.05 Å². The Morgan fingerprint density at radius 2 is 2.14 bits per heavy atom. The van der Waals surface area contributed by atoms with Crippen LogP contribution in [0.4, 0.5) is 4.79 Å². The van der Waals surface area contributed by atoms with Gasteiger partial charge in [0.1, 0.15) is 15.9 Å². The lowest BCUT2D eigenvalue weighted by molar-refractivity contribution is -0.139. The highest BCUT2D eigenvalue weighted by Gasteiger charge is 2.23. The van der Waals surface area contributed by atoms with Crippen molar-refractivity contribution in [1.82, 2.24) is 10.2 Å². The monoisotopic (exact) mass is 334 g/mol. The number of sulfone groups is 1. The summed E-state index contributed by atoms with van der Waals surface area (Å²) in [5, 5.41) is 13.2. The summed E-state index contributed by atoms with van der Waals surface area (Å²) in [5.41, 5.74) is 0. The van der Waals surface area contributed by atoms with Gasteiger partial charge in [0.2, 0.25) is 0 Å². The highest BCUT2D eigenvalue weighted by Crippen LogP contribution is 2.11. The van der Waals surface area contributed by atoms with Crippen LogP contribution in [0.15, 0.2) is 17.5 Å². The first-order valence-electron chi connectivity index (χ1n) is 6.13. The summed E-state index contributed by atoms with van der Waals surface area (Å²) in [7, 11) is -1.73. The zero-order chi connectivity index (χ0) is 16.0. The van der Waals surface area contributed by atoms with E-state index in [1.165, 1.54) is 16.2 Å². The topological polar surface area (TPSA) is 104 Å². The average molecular weight is 334 g/mol. The first-order valence-corrected chi connectivity index (χ1v) is 9.07. The van der Waals surface area contributed by atoms with Crippen molar-refractivity contribution < 1.29 is 23.1 Å². The number of carboxylic acid groups (broad SMARTS) is 1. The van der Waals surface area contributed by atoms with E-state index in [2.05, 4.69) is 5.32 Å². The molecular weight excluding hydrogens is 316 g/mol. The molecule has 1 rings (SSSR count). The molecule has 0 radical (unpaired) electrons. The third-order valence-electron chi connectivity index (χ3n) is 2.69. The molecular formula is C12H18N2O5S2. The fourth-order valence-electron chi connectivity index (χ4n) is 1.56. The van der Waals surface area contributed by atoms with Crippen molar-refractivity contribution in [1.29, 1.82) is 0 Å². The summed E-state index contributed by atoms with van der Waals surface area (Å²) >= 11 is 1.49. The van der Waals surface area contributed by atoms with Gasteiger partial charge in [0, 0.05) is 18.2 Å². The minimum absolute atomic E-state index is 0.160. The van der Waals surface area contributed by atoms with E-state index in [-0.39, 0.29) is 12.2 Å². The molecule has 118 valence electrons. The lowest BCUT2D eigenvalue weighted by Gasteiger charge is -2.20. The molecule has 0 aliphatic rings. The summed E-state index contributed by atoms with van der Waals surface area (Å²) in [6, 6.07) is 1.95. The molecule has 0 aromatic carbocycles. The van der Waals surface area contributed by atoms with E-state index >= 15 is 0 Å². The summed E-state index contributed by atoms with van der Waals surface area (Å²) in [6.07, 6.45) is 0.864. The van der Waals surface area contributed by atoms with Crippen LogP contribution in [0.2, 0.25) is 0 Å². The molecule has 0 saturated heterocycles. The van der Waals surface area contributed by atoms with Crippen LogP contribution in [0.25, 0.3) is 0 Å². The van der Waals surface area contributed by atoms with Crippen LogP contribution in [0, 0.1) is 0 Å². The first kappa shape index (κ1) is 17.4. The quantitative estimate of drug-likeness (QED) is 0.767. The molecule has 1 aromatic heterocycles. The lowest BCUT2D eigenvalue weighted by Crippen LogP contribution is -2.47. The molecule has 21 heavy (non-hydrogen) atoms. The van der Waals surface area contributed by atoms with Crippen molar-refractivity contribution in [2.24, 2.45) is 0 Å². The Kier molecular flexibility index (Phi) is 6.16. The number of urea groups is 1. The van der Waals surface area contributed by atoms with E-state index in [9.17, 15) is 18.0 Å². The number of hydrogen-bond donors (Lipinski definition) is 2. The highest BCUT2D eigenvalue weighted by atomic mass is 32.2. The van der Waals surface area contributed by atoms with E-state index in [0.29, 0.717) is 6.54 Å². The molecule has 0 spiro atoms. The molecule has 0 fully saturated rings. The van der Waals surface area contributed by atoms with Crippen molar-refractivity contribution in [2.45, 2.75) is 19.0 Å². The van der Waals surface area contributed by atoms with E-state index in [0.717, 1.165) is 11.1 Å². The van der Waals surface area contributed by atoms with Crippen LogP contribution >= 0.6 is 11.3 Å². The Balaban J connectivity index is 2.57. The molecule has 1 aromatic rings. The van der Waals surface area contributed by atoms with Gasteiger partial charge in [-0.2, -0.15) is 0 Å². The molecule has 0 aliphatic carbocycles. The fourth-order valence-corrected chi connectivity index (χ4v) is 2.98. The number of aliphatic carboxylic acids is 1. The molecule has 7 nitrogen and oxygen atoms in total. The zero-order valence-corrected chi connectivity index (χ0v) is 13.4. The Hall–Kier alpha value is -1.61. The second-order valence-electron chi connectivity index (χ2n) is 4.69. The average Bonchev–Trinajstić information content (AvgIpc) is 2.85. The minimum Gasteiger partial charge on any atom is -0.480 e. The van der Waals surface area contributed by atoms with E-state index in [1.807, 2.05) is 17.5 Å². The Morgan fingerprint density at radius 3 is 2.62 bits per heavy atom. The minimum atomic E-state index is -3.28. The van der Waals surface area contributed by atoms with Crippen LogP contribution in [0.5, 0.6) is 0 Å². The molecule has 2 N–H and O–H groups in total. The van der Waals surface area contributed by atoms with Crippen molar-refractivity contribution in [3.8, 4) is 0 Å². The number of carbonyl (C=O) groups excluding carboxylic acids is 1. The number of rotatable bonds is 7. The largest absolute Gasteiger partial charge is 0.480 e. The SMILES string of the molecule is CN(Cc1cccs1)C(=O)NC(CCS(C)(=O)=O)C(=O)O. The summed E-state index contributed by atoms with van der Waals surface area (Å²) < 4.78 is 22.1. The van der Waals surface area contributed by atoms with Gasteiger partial charge in [-0.25, -0.2) is 18.0 Å². The highest BCUT2D eigenvalue weighted by molar-refractivity contribution is 7.90.